The number of aryl methyl sites for hydroxylation is 2. The van der Waals surface area contributed by atoms with E-state index in [2.05, 4.69) is 6.92 Å². The van der Waals surface area contributed by atoms with Gasteiger partial charge in [-0.2, -0.15) is 0 Å². The van der Waals surface area contributed by atoms with Crippen molar-refractivity contribution in [2.45, 2.75) is 111 Å². The fraction of sp³-hybridized carbons (Fsp3) is 0.625. The van der Waals surface area contributed by atoms with Crippen molar-refractivity contribution in [3.8, 4) is 11.5 Å². The Morgan fingerprint density at radius 3 is 1.43 bits per heavy atom. The Bertz CT molecular complexity index is 1140. The Labute approximate surface area is 261 Å². The molecule has 11 nitrogen and oxygen atoms in total. The highest BCUT2D eigenvalue weighted by Crippen LogP contribution is 2.51. The van der Waals surface area contributed by atoms with Gasteiger partial charge in [0.2, 0.25) is 0 Å². The molecule has 246 valence electrons. The lowest BCUT2D eigenvalue weighted by molar-refractivity contribution is -0.385. The molecule has 0 aliphatic carbocycles. The molecule has 0 atom stereocenters. The summed E-state index contributed by atoms with van der Waals surface area (Å²) in [5.74, 6) is 0.189. The van der Waals surface area contributed by atoms with Gasteiger partial charge in [0, 0.05) is 37.5 Å². The van der Waals surface area contributed by atoms with Crippen LogP contribution in [0.25, 0.3) is 0 Å². The molecule has 44 heavy (non-hydrogen) atoms. The van der Waals surface area contributed by atoms with Crippen molar-refractivity contribution in [3.63, 3.8) is 0 Å². The molecule has 0 aromatic heterocycles. The molecule has 0 radical (unpaired) electrons. The number of benzene rings is 2. The van der Waals surface area contributed by atoms with E-state index in [0.29, 0.717) is 30.8 Å². The van der Waals surface area contributed by atoms with Crippen LogP contribution in [0.4, 0.5) is 11.4 Å². The van der Waals surface area contributed by atoms with Crippen molar-refractivity contribution in [1.29, 1.82) is 0 Å². The number of hydrogen-bond acceptors (Lipinski definition) is 9. The van der Waals surface area contributed by atoms with E-state index in [1.807, 2.05) is 0 Å². The maximum Gasteiger partial charge on any atom is 0.587 e. The normalized spacial score (nSPS) is 11.4. The van der Waals surface area contributed by atoms with Gasteiger partial charge in [0.1, 0.15) is 11.5 Å². The van der Waals surface area contributed by atoms with Gasteiger partial charge < -0.3 is 13.8 Å². The summed E-state index contributed by atoms with van der Waals surface area (Å²) in [5.41, 5.74) is 0.457. The standard InChI is InChI=1S/C32H49N2O9P/c1-4-5-6-7-8-9-10-11-12-13-14-15-16-22-40-23-17-24-41-44(39,42-31-20-18-29(33(35)36)25-27(31)2)43-32-21-19-30(34(37)38)26-28(32)3/h18-21,25-26H,4-17,22-24H2,1-3H3. The predicted octanol–water partition coefficient (Wildman–Crippen LogP) is 10.2. The highest BCUT2D eigenvalue weighted by Gasteiger charge is 2.32. The lowest BCUT2D eigenvalue weighted by Gasteiger charge is -2.21. The molecule has 2 aromatic carbocycles. The number of non-ortho nitro benzene ring substituents is 2. The number of nitrogens with zero attached hydrogens (tertiary/aromatic N) is 2. The summed E-state index contributed by atoms with van der Waals surface area (Å²) in [5, 5.41) is 22.2. The van der Waals surface area contributed by atoms with Crippen LogP contribution in [-0.2, 0) is 13.8 Å². The topological polar surface area (TPSA) is 140 Å². The monoisotopic (exact) mass is 636 g/mol. The number of nitro groups is 2. The molecule has 0 heterocycles. The van der Waals surface area contributed by atoms with Gasteiger partial charge in [0.05, 0.1) is 16.5 Å². The van der Waals surface area contributed by atoms with Crippen LogP contribution in [0, 0.1) is 34.1 Å². The predicted molar refractivity (Wildman–Crippen MR) is 172 cm³/mol. The molecular formula is C32H49N2O9P. The third-order valence-corrected chi connectivity index (χ3v) is 8.57. The average Bonchev–Trinajstić information content (AvgIpc) is 2.98. The van der Waals surface area contributed by atoms with Gasteiger partial charge in [0.15, 0.2) is 0 Å². The van der Waals surface area contributed by atoms with Crippen LogP contribution in [-0.4, -0.2) is 29.7 Å². The van der Waals surface area contributed by atoms with Crippen LogP contribution in [0.2, 0.25) is 0 Å². The lowest BCUT2D eigenvalue weighted by Crippen LogP contribution is -2.09. The van der Waals surface area contributed by atoms with Gasteiger partial charge in [0.25, 0.3) is 11.4 Å². The van der Waals surface area contributed by atoms with E-state index in [1.165, 1.54) is 107 Å². The first-order valence-electron chi connectivity index (χ1n) is 15.9. The number of phosphoric ester groups is 1. The highest BCUT2D eigenvalue weighted by atomic mass is 31.2. The fourth-order valence-electron chi connectivity index (χ4n) is 4.67. The summed E-state index contributed by atoms with van der Waals surface area (Å²) in [6.45, 7) is 6.47. The molecule has 0 bridgehead atoms. The fourth-order valence-corrected chi connectivity index (χ4v) is 6.06. The number of rotatable bonds is 25. The molecule has 0 aliphatic heterocycles. The van der Waals surface area contributed by atoms with Crippen LogP contribution >= 0.6 is 7.82 Å². The zero-order valence-electron chi connectivity index (χ0n) is 26.5. The minimum atomic E-state index is -4.28. The summed E-state index contributed by atoms with van der Waals surface area (Å²) < 4.78 is 36.3. The second-order valence-corrected chi connectivity index (χ2v) is 12.6. The quantitative estimate of drug-likeness (QED) is 0.0450. The zero-order chi connectivity index (χ0) is 32.2. The summed E-state index contributed by atoms with van der Waals surface area (Å²) in [4.78, 5) is 21.1. The molecule has 0 unspecified atom stereocenters. The van der Waals surface area contributed by atoms with E-state index in [9.17, 15) is 24.8 Å². The number of nitro benzene ring substituents is 2. The second kappa shape index (κ2) is 20.9. The van der Waals surface area contributed by atoms with Crippen molar-refractivity contribution >= 4 is 19.2 Å². The lowest BCUT2D eigenvalue weighted by atomic mass is 10.0. The van der Waals surface area contributed by atoms with Crippen LogP contribution in [0.1, 0.15) is 108 Å². The third-order valence-electron chi connectivity index (χ3n) is 7.23. The Morgan fingerprint density at radius 2 is 1.02 bits per heavy atom. The summed E-state index contributed by atoms with van der Waals surface area (Å²) in [6.07, 6.45) is 17.2. The van der Waals surface area contributed by atoms with E-state index < -0.39 is 17.7 Å². The molecule has 2 rings (SSSR count). The van der Waals surface area contributed by atoms with Crippen molar-refractivity contribution in [2.24, 2.45) is 0 Å². The van der Waals surface area contributed by atoms with E-state index in [4.69, 9.17) is 18.3 Å². The molecule has 0 aliphatic rings. The summed E-state index contributed by atoms with van der Waals surface area (Å²) in [7, 11) is -4.28. The van der Waals surface area contributed by atoms with E-state index in [1.54, 1.807) is 13.8 Å². The number of phosphoric acid groups is 1. The molecule has 0 amide bonds. The number of ether oxygens (including phenoxy) is 1. The van der Waals surface area contributed by atoms with Crippen molar-refractivity contribution < 1.29 is 32.7 Å². The SMILES string of the molecule is CCCCCCCCCCCCCCCOCCCOP(=O)(Oc1ccc([N+](=O)[O-])cc1C)Oc1ccc([N+](=O)[O-])cc1C. The minimum Gasteiger partial charge on any atom is -0.395 e. The Balaban J connectivity index is 1.74. The largest absolute Gasteiger partial charge is 0.587 e. The Morgan fingerprint density at radius 1 is 0.614 bits per heavy atom. The molecule has 2 aromatic rings. The summed E-state index contributed by atoms with van der Waals surface area (Å²) in [6, 6.07) is 7.70. The molecule has 0 spiro atoms. The minimum absolute atomic E-state index is 0.00788. The van der Waals surface area contributed by atoms with Gasteiger partial charge >= 0.3 is 7.82 Å². The maximum atomic E-state index is 13.7. The Kier molecular flexibility index (Phi) is 17.6. The first-order valence-corrected chi connectivity index (χ1v) is 17.3. The van der Waals surface area contributed by atoms with Gasteiger partial charge in [-0.05, 0) is 49.9 Å². The third kappa shape index (κ3) is 14.6. The average molecular weight is 637 g/mol. The molecule has 0 saturated carbocycles. The smallest absolute Gasteiger partial charge is 0.395 e. The molecule has 0 fully saturated rings. The zero-order valence-corrected chi connectivity index (χ0v) is 27.4. The van der Waals surface area contributed by atoms with Crippen LogP contribution in [0.15, 0.2) is 36.4 Å². The molecule has 0 saturated heterocycles. The first-order chi connectivity index (χ1) is 21.1. The van der Waals surface area contributed by atoms with E-state index in [0.717, 1.165) is 12.8 Å². The van der Waals surface area contributed by atoms with Gasteiger partial charge in [-0.3, -0.25) is 24.8 Å². The van der Waals surface area contributed by atoms with Gasteiger partial charge in [-0.1, -0.05) is 84.0 Å². The van der Waals surface area contributed by atoms with Crippen molar-refractivity contribution in [1.82, 2.24) is 0 Å². The highest BCUT2D eigenvalue weighted by molar-refractivity contribution is 7.49. The first kappa shape index (κ1) is 37.2. The van der Waals surface area contributed by atoms with E-state index >= 15 is 0 Å². The van der Waals surface area contributed by atoms with Crippen LogP contribution < -0.4 is 9.05 Å². The van der Waals surface area contributed by atoms with Gasteiger partial charge in [-0.25, -0.2) is 4.57 Å². The van der Waals surface area contributed by atoms with Crippen molar-refractivity contribution in [3.05, 3.63) is 67.8 Å². The number of hydrogen-bond donors (Lipinski definition) is 0. The van der Waals surface area contributed by atoms with E-state index in [-0.39, 0.29) is 29.5 Å². The summed E-state index contributed by atoms with van der Waals surface area (Å²) >= 11 is 0. The second-order valence-electron chi connectivity index (χ2n) is 11.1. The van der Waals surface area contributed by atoms with Crippen molar-refractivity contribution in [2.75, 3.05) is 19.8 Å². The molecule has 12 heteroatoms. The van der Waals surface area contributed by atoms with Crippen LogP contribution in [0.5, 0.6) is 11.5 Å². The number of unbranched alkanes of at least 4 members (excludes halogenated alkanes) is 12. The van der Waals surface area contributed by atoms with Crippen LogP contribution in [0.3, 0.4) is 0 Å². The Hall–Kier alpha value is -3.01. The molecular weight excluding hydrogens is 587 g/mol. The molecule has 0 N–H and O–H groups in total. The van der Waals surface area contributed by atoms with Gasteiger partial charge in [-0.15, -0.1) is 0 Å². The maximum absolute atomic E-state index is 13.7.